The first-order valence-electron chi connectivity index (χ1n) is 7.86. The molecule has 0 aromatic rings. The van der Waals surface area contributed by atoms with E-state index in [0.29, 0.717) is 5.92 Å². The van der Waals surface area contributed by atoms with Gasteiger partial charge in [-0.1, -0.05) is 54.5 Å². The normalized spacial score (nSPS) is 14.6. The lowest BCUT2D eigenvalue weighted by Crippen LogP contribution is -1.89. The lowest BCUT2D eigenvalue weighted by molar-refractivity contribution is -0.131. The second-order valence-electron chi connectivity index (χ2n) is 6.06. The highest BCUT2D eigenvalue weighted by atomic mass is 16.4. The largest absolute Gasteiger partial charge is 0.478 e. The van der Waals surface area contributed by atoms with Crippen molar-refractivity contribution >= 4 is 5.97 Å². The lowest BCUT2D eigenvalue weighted by Gasteiger charge is -2.01. The van der Waals surface area contributed by atoms with Crippen molar-refractivity contribution in [3.05, 3.63) is 59.3 Å². The maximum absolute atomic E-state index is 10.5. The zero-order valence-electron chi connectivity index (χ0n) is 14.6. The molecule has 0 aliphatic heterocycles. The van der Waals surface area contributed by atoms with Gasteiger partial charge in [0.15, 0.2) is 0 Å². The number of allylic oxidation sites excluding steroid dienone is 9. The Kier molecular flexibility index (Phi) is 10.8. The molecule has 0 amide bonds. The Labute approximate surface area is 135 Å². The maximum Gasteiger partial charge on any atom is 0.328 e. The first-order valence-corrected chi connectivity index (χ1v) is 7.86. The van der Waals surface area contributed by atoms with Gasteiger partial charge in [0.25, 0.3) is 0 Å². The lowest BCUT2D eigenvalue weighted by atomic mass is 10.1. The molecule has 0 aromatic carbocycles. The van der Waals surface area contributed by atoms with E-state index in [9.17, 15) is 4.79 Å². The summed E-state index contributed by atoms with van der Waals surface area (Å²) in [5.41, 5.74) is 3.52. The average Bonchev–Trinajstić information content (AvgIpc) is 2.37. The van der Waals surface area contributed by atoms with E-state index in [4.69, 9.17) is 5.11 Å². The minimum Gasteiger partial charge on any atom is -0.478 e. The molecule has 0 aliphatic rings. The van der Waals surface area contributed by atoms with Crippen LogP contribution in [0.1, 0.15) is 53.9 Å². The van der Waals surface area contributed by atoms with Crippen LogP contribution in [0.3, 0.4) is 0 Å². The van der Waals surface area contributed by atoms with Gasteiger partial charge >= 0.3 is 5.97 Å². The fourth-order valence-corrected chi connectivity index (χ4v) is 1.87. The van der Waals surface area contributed by atoms with Crippen molar-refractivity contribution in [1.29, 1.82) is 0 Å². The van der Waals surface area contributed by atoms with Gasteiger partial charge in [0, 0.05) is 6.08 Å². The van der Waals surface area contributed by atoms with Gasteiger partial charge < -0.3 is 5.11 Å². The molecule has 0 radical (unpaired) electrons. The van der Waals surface area contributed by atoms with Crippen LogP contribution in [0.4, 0.5) is 0 Å². The Bertz CT molecular complexity index is 484. The molecule has 1 atom stereocenters. The zero-order valence-corrected chi connectivity index (χ0v) is 14.6. The second kappa shape index (κ2) is 11.8. The predicted octanol–water partition coefficient (Wildman–Crippen LogP) is 5.85. The Morgan fingerprint density at radius 1 is 1.18 bits per heavy atom. The summed E-state index contributed by atoms with van der Waals surface area (Å²) < 4.78 is 0. The molecule has 0 heterocycles. The van der Waals surface area contributed by atoms with Gasteiger partial charge in [-0.15, -0.1) is 0 Å². The van der Waals surface area contributed by atoms with E-state index in [2.05, 4.69) is 52.0 Å². The van der Waals surface area contributed by atoms with E-state index in [1.54, 1.807) is 6.92 Å². The van der Waals surface area contributed by atoms with Crippen molar-refractivity contribution < 1.29 is 9.90 Å². The molecule has 2 heteroatoms. The highest BCUT2D eigenvalue weighted by Gasteiger charge is 1.94. The molecular formula is C20H30O2. The van der Waals surface area contributed by atoms with Crippen molar-refractivity contribution in [2.24, 2.45) is 5.92 Å². The fraction of sp³-hybridized carbons (Fsp3) is 0.450. The monoisotopic (exact) mass is 302 g/mol. The summed E-state index contributed by atoms with van der Waals surface area (Å²) >= 11 is 0. The van der Waals surface area contributed by atoms with E-state index >= 15 is 0 Å². The van der Waals surface area contributed by atoms with E-state index < -0.39 is 5.97 Å². The van der Waals surface area contributed by atoms with Crippen molar-refractivity contribution in [3.63, 3.8) is 0 Å². The van der Waals surface area contributed by atoms with Gasteiger partial charge in [-0.05, 0) is 58.4 Å². The first kappa shape index (κ1) is 20.2. The van der Waals surface area contributed by atoms with Gasteiger partial charge in [0.2, 0.25) is 0 Å². The SMILES string of the molecule is CC(C)=CCC/C(C)=C/C=CC(C)C/C=C/C(C)=C/C(=O)O. The Hall–Kier alpha value is -1.83. The van der Waals surface area contributed by atoms with E-state index in [-0.39, 0.29) is 0 Å². The quantitative estimate of drug-likeness (QED) is 0.329. The van der Waals surface area contributed by atoms with Gasteiger partial charge in [0.1, 0.15) is 0 Å². The highest BCUT2D eigenvalue weighted by Crippen LogP contribution is 2.09. The molecule has 0 spiro atoms. The number of hydrogen-bond acceptors (Lipinski definition) is 1. The summed E-state index contributed by atoms with van der Waals surface area (Å²) in [5, 5.41) is 8.62. The fourth-order valence-electron chi connectivity index (χ4n) is 1.87. The van der Waals surface area contributed by atoms with Crippen molar-refractivity contribution in [2.45, 2.75) is 53.9 Å². The molecule has 1 N–H and O–H groups in total. The number of carboxylic acid groups (broad SMARTS) is 1. The van der Waals surface area contributed by atoms with E-state index in [0.717, 1.165) is 24.8 Å². The van der Waals surface area contributed by atoms with E-state index in [1.165, 1.54) is 17.2 Å². The van der Waals surface area contributed by atoms with Gasteiger partial charge in [-0.2, -0.15) is 0 Å². The van der Waals surface area contributed by atoms with E-state index in [1.807, 2.05) is 12.2 Å². The number of aliphatic carboxylic acids is 1. The molecule has 0 bridgehead atoms. The molecule has 0 fully saturated rings. The van der Waals surface area contributed by atoms with Crippen LogP contribution in [-0.4, -0.2) is 11.1 Å². The van der Waals surface area contributed by atoms with Crippen molar-refractivity contribution in [2.75, 3.05) is 0 Å². The van der Waals surface area contributed by atoms with Gasteiger partial charge in [-0.25, -0.2) is 4.79 Å². The summed E-state index contributed by atoms with van der Waals surface area (Å²) in [5.74, 6) is -0.459. The predicted molar refractivity (Wildman–Crippen MR) is 95.9 cm³/mol. The minimum absolute atomic E-state index is 0.440. The summed E-state index contributed by atoms with van der Waals surface area (Å²) in [6, 6.07) is 0. The van der Waals surface area contributed by atoms with Crippen LogP contribution < -0.4 is 0 Å². The third-order valence-electron chi connectivity index (χ3n) is 3.15. The second-order valence-corrected chi connectivity index (χ2v) is 6.06. The first-order chi connectivity index (χ1) is 10.3. The maximum atomic E-state index is 10.5. The Balaban J connectivity index is 4.20. The zero-order chi connectivity index (χ0) is 17.0. The van der Waals surface area contributed by atoms with Crippen LogP contribution in [0.5, 0.6) is 0 Å². The third kappa shape index (κ3) is 13.2. The number of rotatable bonds is 9. The van der Waals surface area contributed by atoms with Crippen molar-refractivity contribution in [1.82, 2.24) is 0 Å². The van der Waals surface area contributed by atoms with Crippen LogP contribution >= 0.6 is 0 Å². The van der Waals surface area contributed by atoms with Gasteiger partial charge in [0.05, 0.1) is 0 Å². The van der Waals surface area contributed by atoms with Crippen LogP contribution in [0.25, 0.3) is 0 Å². The summed E-state index contributed by atoms with van der Waals surface area (Å²) in [6.07, 6.45) is 17.0. The molecule has 0 saturated heterocycles. The smallest absolute Gasteiger partial charge is 0.328 e. The third-order valence-corrected chi connectivity index (χ3v) is 3.15. The topological polar surface area (TPSA) is 37.3 Å². The molecule has 0 aromatic heterocycles. The number of hydrogen-bond donors (Lipinski definition) is 1. The molecule has 0 aliphatic carbocycles. The minimum atomic E-state index is -0.899. The molecule has 2 nitrogen and oxygen atoms in total. The van der Waals surface area contributed by atoms with Crippen molar-refractivity contribution in [3.8, 4) is 0 Å². The van der Waals surface area contributed by atoms with Gasteiger partial charge in [-0.3, -0.25) is 0 Å². The van der Waals surface area contributed by atoms with Crippen LogP contribution in [-0.2, 0) is 4.79 Å². The summed E-state index contributed by atoms with van der Waals surface area (Å²) in [4.78, 5) is 10.5. The summed E-state index contributed by atoms with van der Waals surface area (Å²) in [6.45, 7) is 10.4. The molecular weight excluding hydrogens is 272 g/mol. The van der Waals surface area contributed by atoms with Crippen LogP contribution in [0, 0.1) is 5.92 Å². The molecule has 0 saturated carbocycles. The van der Waals surface area contributed by atoms with Crippen LogP contribution in [0.15, 0.2) is 59.3 Å². The Morgan fingerprint density at radius 3 is 2.45 bits per heavy atom. The standard InChI is InChI=1S/C20H30O2/c1-16(2)9-6-10-17(3)11-7-12-18(4)13-8-14-19(5)15-20(21)22/h7-9,11-12,14-15,18H,6,10,13H2,1-5H3,(H,21,22)/b12-7?,14-8+,17-11+,19-15+. The molecule has 22 heavy (non-hydrogen) atoms. The molecule has 122 valence electrons. The Morgan fingerprint density at radius 2 is 1.86 bits per heavy atom. The molecule has 0 rings (SSSR count). The average molecular weight is 302 g/mol. The van der Waals surface area contributed by atoms with Crippen LogP contribution in [0.2, 0.25) is 0 Å². The number of carbonyl (C=O) groups is 1. The summed E-state index contributed by atoms with van der Waals surface area (Å²) in [7, 11) is 0. The highest BCUT2D eigenvalue weighted by molar-refractivity contribution is 5.81. The number of carboxylic acids is 1. The molecule has 1 unspecified atom stereocenters.